The summed E-state index contributed by atoms with van der Waals surface area (Å²) in [5.74, 6) is -0.114. The summed E-state index contributed by atoms with van der Waals surface area (Å²) in [6.07, 6.45) is 1.36. The zero-order valence-corrected chi connectivity index (χ0v) is 14.8. The van der Waals surface area contributed by atoms with Crippen LogP contribution in [-0.4, -0.2) is 43.2 Å². The molecule has 1 aliphatic rings. The number of carbonyl (C=O) groups is 3. The molecule has 1 amide bonds. The van der Waals surface area contributed by atoms with Gasteiger partial charge in [-0.15, -0.1) is 0 Å². The van der Waals surface area contributed by atoms with Crippen LogP contribution in [0.2, 0.25) is 0 Å². The minimum absolute atomic E-state index is 0.00539. The Labute approximate surface area is 146 Å². The van der Waals surface area contributed by atoms with Crippen LogP contribution < -0.4 is 10.1 Å². The van der Waals surface area contributed by atoms with Gasteiger partial charge >= 0.3 is 12.1 Å². The second-order valence-corrected chi connectivity index (χ2v) is 6.91. The first-order valence-corrected chi connectivity index (χ1v) is 8.05. The van der Waals surface area contributed by atoms with Crippen LogP contribution in [0.3, 0.4) is 0 Å². The minimum atomic E-state index is -0.592. The molecule has 1 fully saturated rings. The third-order valence-corrected chi connectivity index (χ3v) is 3.68. The highest BCUT2D eigenvalue weighted by atomic mass is 16.6. The molecule has 0 spiro atoms. The number of hydrogen-bond acceptors (Lipinski definition) is 6. The van der Waals surface area contributed by atoms with Crippen molar-refractivity contribution in [2.45, 2.75) is 51.4 Å². The fourth-order valence-electron chi connectivity index (χ4n) is 2.44. The Morgan fingerprint density at radius 2 is 1.92 bits per heavy atom. The molecule has 0 radical (unpaired) electrons. The van der Waals surface area contributed by atoms with Gasteiger partial charge in [-0.05, 0) is 39.0 Å². The topological polar surface area (TPSA) is 90.9 Å². The molecular weight excluding hydrogens is 326 g/mol. The minimum Gasteiger partial charge on any atom is -0.490 e. The maximum atomic E-state index is 11.7. The van der Waals surface area contributed by atoms with E-state index >= 15 is 0 Å². The Kier molecular flexibility index (Phi) is 5.66. The number of methoxy groups -OCH3 is 1. The van der Waals surface area contributed by atoms with E-state index in [-0.39, 0.29) is 23.3 Å². The van der Waals surface area contributed by atoms with Crippen molar-refractivity contribution in [3.63, 3.8) is 0 Å². The SMILES string of the molecule is COC(=O)c1cc(O[C@H]2C[C@H](NC(=O)OC(C)(C)C)C2)ccc1C=O. The van der Waals surface area contributed by atoms with Crippen molar-refractivity contribution in [3.05, 3.63) is 29.3 Å². The summed E-state index contributed by atoms with van der Waals surface area (Å²) in [5.41, 5.74) is -0.121. The van der Waals surface area contributed by atoms with E-state index in [1.165, 1.54) is 19.2 Å². The van der Waals surface area contributed by atoms with Crippen LogP contribution in [0.4, 0.5) is 4.79 Å². The van der Waals surface area contributed by atoms with Crippen LogP contribution in [0, 0.1) is 0 Å². The fourth-order valence-corrected chi connectivity index (χ4v) is 2.44. The molecule has 1 N–H and O–H groups in total. The Bertz CT molecular complexity index is 658. The van der Waals surface area contributed by atoms with E-state index in [0.29, 0.717) is 24.9 Å². The molecule has 2 rings (SSSR count). The number of benzene rings is 1. The Morgan fingerprint density at radius 1 is 1.24 bits per heavy atom. The first-order chi connectivity index (χ1) is 11.7. The summed E-state index contributed by atoms with van der Waals surface area (Å²) >= 11 is 0. The number of nitrogens with one attached hydrogen (secondary N) is 1. The Balaban J connectivity index is 1.88. The van der Waals surface area contributed by atoms with E-state index in [0.717, 1.165) is 0 Å². The zero-order valence-electron chi connectivity index (χ0n) is 14.8. The third-order valence-electron chi connectivity index (χ3n) is 3.68. The molecule has 136 valence electrons. The van der Waals surface area contributed by atoms with Crippen LogP contribution in [0.25, 0.3) is 0 Å². The maximum Gasteiger partial charge on any atom is 0.407 e. The average Bonchev–Trinajstić information content (AvgIpc) is 2.50. The number of esters is 1. The van der Waals surface area contributed by atoms with Gasteiger partial charge in [0.25, 0.3) is 0 Å². The van der Waals surface area contributed by atoms with Gasteiger partial charge < -0.3 is 19.5 Å². The Morgan fingerprint density at radius 3 is 2.48 bits per heavy atom. The molecular formula is C18H23NO6. The first-order valence-electron chi connectivity index (χ1n) is 8.05. The summed E-state index contributed by atoms with van der Waals surface area (Å²) in [4.78, 5) is 34.4. The van der Waals surface area contributed by atoms with Gasteiger partial charge in [-0.1, -0.05) is 0 Å². The standard InChI is InChI=1S/C18H23NO6/c1-18(2,3)25-17(22)19-12-7-14(8-12)24-13-6-5-11(10-20)15(9-13)16(21)23-4/h5-6,9-10,12,14H,7-8H2,1-4H3,(H,19,22)/t12-,14-. The molecule has 7 nitrogen and oxygen atoms in total. The predicted molar refractivity (Wildman–Crippen MR) is 90.0 cm³/mol. The molecule has 0 bridgehead atoms. The lowest BCUT2D eigenvalue weighted by molar-refractivity contribution is 0.0361. The summed E-state index contributed by atoms with van der Waals surface area (Å²) in [6, 6.07) is 4.63. The Hall–Kier alpha value is -2.57. The number of alkyl carbamates (subject to hydrolysis) is 1. The average molecular weight is 349 g/mol. The number of aldehydes is 1. The second kappa shape index (κ2) is 7.55. The molecule has 25 heavy (non-hydrogen) atoms. The lowest BCUT2D eigenvalue weighted by Crippen LogP contribution is -2.50. The van der Waals surface area contributed by atoms with Gasteiger partial charge in [-0.2, -0.15) is 0 Å². The van der Waals surface area contributed by atoms with Gasteiger partial charge in [-0.3, -0.25) is 4.79 Å². The van der Waals surface area contributed by atoms with E-state index in [9.17, 15) is 14.4 Å². The molecule has 1 aliphatic carbocycles. The van der Waals surface area contributed by atoms with Crippen molar-refractivity contribution >= 4 is 18.3 Å². The van der Waals surface area contributed by atoms with Crippen molar-refractivity contribution in [3.8, 4) is 5.75 Å². The van der Waals surface area contributed by atoms with Gasteiger partial charge in [0, 0.05) is 24.4 Å². The highest BCUT2D eigenvalue weighted by Crippen LogP contribution is 2.27. The van der Waals surface area contributed by atoms with E-state index in [4.69, 9.17) is 9.47 Å². The molecule has 7 heteroatoms. The summed E-state index contributed by atoms with van der Waals surface area (Å²) in [6.45, 7) is 5.42. The number of carbonyl (C=O) groups excluding carboxylic acids is 3. The third kappa shape index (κ3) is 5.20. The smallest absolute Gasteiger partial charge is 0.407 e. The molecule has 1 aromatic carbocycles. The highest BCUT2D eigenvalue weighted by Gasteiger charge is 2.33. The molecule has 0 aromatic heterocycles. The largest absolute Gasteiger partial charge is 0.490 e. The van der Waals surface area contributed by atoms with Crippen molar-refractivity contribution in [2.24, 2.45) is 0 Å². The molecule has 0 heterocycles. The fraction of sp³-hybridized carbons (Fsp3) is 0.500. The van der Waals surface area contributed by atoms with E-state index in [1.807, 2.05) is 0 Å². The molecule has 1 saturated carbocycles. The van der Waals surface area contributed by atoms with Gasteiger partial charge in [-0.25, -0.2) is 9.59 Å². The lowest BCUT2D eigenvalue weighted by Gasteiger charge is -2.36. The van der Waals surface area contributed by atoms with Gasteiger partial charge in [0.15, 0.2) is 6.29 Å². The van der Waals surface area contributed by atoms with Crippen LogP contribution in [0.5, 0.6) is 5.75 Å². The number of ether oxygens (including phenoxy) is 3. The van der Waals surface area contributed by atoms with Crippen molar-refractivity contribution in [1.29, 1.82) is 0 Å². The van der Waals surface area contributed by atoms with E-state index in [2.05, 4.69) is 10.1 Å². The van der Waals surface area contributed by atoms with Crippen LogP contribution in [0.15, 0.2) is 18.2 Å². The molecule has 0 aliphatic heterocycles. The highest BCUT2D eigenvalue weighted by molar-refractivity contribution is 5.98. The summed E-state index contributed by atoms with van der Waals surface area (Å²) in [5, 5.41) is 2.78. The number of rotatable bonds is 5. The molecule has 0 atom stereocenters. The predicted octanol–water partition coefficient (Wildman–Crippen LogP) is 2.72. The van der Waals surface area contributed by atoms with Crippen molar-refractivity contribution < 1.29 is 28.6 Å². The van der Waals surface area contributed by atoms with Gasteiger partial charge in [0.05, 0.1) is 12.7 Å². The van der Waals surface area contributed by atoms with Gasteiger partial charge in [0.1, 0.15) is 17.5 Å². The zero-order chi connectivity index (χ0) is 18.6. The van der Waals surface area contributed by atoms with Crippen LogP contribution >= 0.6 is 0 Å². The molecule has 0 saturated heterocycles. The maximum absolute atomic E-state index is 11.7. The van der Waals surface area contributed by atoms with E-state index in [1.54, 1.807) is 26.8 Å². The first kappa shape index (κ1) is 18.8. The monoisotopic (exact) mass is 349 g/mol. The van der Waals surface area contributed by atoms with Crippen LogP contribution in [0.1, 0.15) is 54.3 Å². The second-order valence-electron chi connectivity index (χ2n) is 6.91. The van der Waals surface area contributed by atoms with Crippen molar-refractivity contribution in [1.82, 2.24) is 5.32 Å². The van der Waals surface area contributed by atoms with Crippen LogP contribution in [-0.2, 0) is 9.47 Å². The molecule has 1 aromatic rings. The normalized spacial score (nSPS) is 19.4. The lowest BCUT2D eigenvalue weighted by atomic mass is 9.89. The number of hydrogen-bond donors (Lipinski definition) is 1. The molecule has 0 unspecified atom stereocenters. The van der Waals surface area contributed by atoms with Gasteiger partial charge in [0.2, 0.25) is 0 Å². The quantitative estimate of drug-likeness (QED) is 0.649. The number of amides is 1. The van der Waals surface area contributed by atoms with Crippen molar-refractivity contribution in [2.75, 3.05) is 7.11 Å². The summed E-state index contributed by atoms with van der Waals surface area (Å²) < 4.78 is 15.6. The summed E-state index contributed by atoms with van der Waals surface area (Å²) in [7, 11) is 1.25. The van der Waals surface area contributed by atoms with E-state index < -0.39 is 17.7 Å².